The van der Waals surface area contributed by atoms with Crippen LogP contribution >= 0.6 is 0 Å². The highest BCUT2D eigenvalue weighted by atomic mass is 16.5. The first kappa shape index (κ1) is 10.9. The summed E-state index contributed by atoms with van der Waals surface area (Å²) in [5.41, 5.74) is 0. The summed E-state index contributed by atoms with van der Waals surface area (Å²) in [6.45, 7) is 0.881. The molecule has 2 saturated heterocycles. The highest BCUT2D eigenvalue weighted by molar-refractivity contribution is 5.69. The number of esters is 1. The third-order valence-corrected chi connectivity index (χ3v) is 3.30. The van der Waals surface area contributed by atoms with Crippen molar-refractivity contribution in [3.63, 3.8) is 0 Å². The number of hydrogen-bond donors (Lipinski definition) is 1. The third-order valence-electron chi connectivity index (χ3n) is 3.30. The van der Waals surface area contributed by atoms with E-state index in [1.165, 1.54) is 20.0 Å². The quantitative estimate of drug-likeness (QED) is 0.543. The topological polar surface area (TPSA) is 47.6 Å². The molecule has 0 amide bonds. The lowest BCUT2D eigenvalue weighted by Gasteiger charge is -2.19. The molecular weight excluding hydrogens is 194 g/mol. The van der Waals surface area contributed by atoms with Crippen LogP contribution in [0.1, 0.15) is 32.1 Å². The van der Waals surface area contributed by atoms with E-state index in [-0.39, 0.29) is 5.97 Å². The molecule has 3 unspecified atom stereocenters. The molecule has 0 aliphatic carbocycles. The van der Waals surface area contributed by atoms with Crippen molar-refractivity contribution in [2.75, 3.05) is 13.7 Å². The van der Waals surface area contributed by atoms with Crippen LogP contribution in [0.4, 0.5) is 0 Å². The van der Waals surface area contributed by atoms with Gasteiger partial charge < -0.3 is 14.8 Å². The maximum absolute atomic E-state index is 10.9. The Hall–Kier alpha value is -0.610. The van der Waals surface area contributed by atoms with Crippen LogP contribution in [0.3, 0.4) is 0 Å². The molecule has 2 bridgehead atoms. The SMILES string of the molecule is COC(=O)CCCNC1CC2CCC1O2. The minimum absolute atomic E-state index is 0.124. The predicted molar refractivity (Wildman–Crippen MR) is 55.6 cm³/mol. The lowest BCUT2D eigenvalue weighted by atomic mass is 9.95. The standard InChI is InChI=1S/C11H19NO3/c1-14-11(13)3-2-6-12-9-7-8-4-5-10(9)15-8/h8-10,12H,2-7H2,1H3. The van der Waals surface area contributed by atoms with Gasteiger partial charge in [0.15, 0.2) is 0 Å². The molecule has 2 heterocycles. The number of carbonyl (C=O) groups excluding carboxylic acids is 1. The minimum atomic E-state index is -0.124. The first-order valence-corrected chi connectivity index (χ1v) is 5.75. The summed E-state index contributed by atoms with van der Waals surface area (Å²) in [6, 6.07) is 0.515. The molecule has 0 saturated carbocycles. The van der Waals surface area contributed by atoms with Gasteiger partial charge in [0.05, 0.1) is 19.3 Å². The van der Waals surface area contributed by atoms with E-state index in [1.54, 1.807) is 0 Å². The molecule has 2 aliphatic heterocycles. The average molecular weight is 213 g/mol. The van der Waals surface area contributed by atoms with Crippen molar-refractivity contribution in [1.29, 1.82) is 0 Å². The van der Waals surface area contributed by atoms with E-state index in [9.17, 15) is 4.79 Å². The number of ether oxygens (including phenoxy) is 2. The van der Waals surface area contributed by atoms with E-state index in [4.69, 9.17) is 4.74 Å². The van der Waals surface area contributed by atoms with E-state index in [2.05, 4.69) is 10.1 Å². The maximum atomic E-state index is 10.9. The van der Waals surface area contributed by atoms with Gasteiger partial charge in [-0.05, 0) is 32.2 Å². The number of rotatable bonds is 5. The highest BCUT2D eigenvalue weighted by Crippen LogP contribution is 2.34. The number of methoxy groups -OCH3 is 1. The van der Waals surface area contributed by atoms with E-state index >= 15 is 0 Å². The van der Waals surface area contributed by atoms with Gasteiger partial charge in [-0.1, -0.05) is 0 Å². The Morgan fingerprint density at radius 2 is 2.40 bits per heavy atom. The Bertz CT molecular complexity index is 232. The van der Waals surface area contributed by atoms with Crippen molar-refractivity contribution in [2.24, 2.45) is 0 Å². The van der Waals surface area contributed by atoms with E-state index in [0.29, 0.717) is 24.7 Å². The molecule has 4 heteroatoms. The average Bonchev–Trinajstić information content (AvgIpc) is 2.85. The summed E-state index contributed by atoms with van der Waals surface area (Å²) in [4.78, 5) is 10.9. The lowest BCUT2D eigenvalue weighted by molar-refractivity contribution is -0.140. The summed E-state index contributed by atoms with van der Waals surface area (Å²) < 4.78 is 10.3. The van der Waals surface area contributed by atoms with Crippen LogP contribution < -0.4 is 5.32 Å². The largest absolute Gasteiger partial charge is 0.469 e. The fraction of sp³-hybridized carbons (Fsp3) is 0.909. The molecule has 0 aromatic carbocycles. The maximum Gasteiger partial charge on any atom is 0.305 e. The first-order chi connectivity index (χ1) is 7.29. The number of hydrogen-bond acceptors (Lipinski definition) is 4. The molecule has 15 heavy (non-hydrogen) atoms. The van der Waals surface area contributed by atoms with E-state index in [1.807, 2.05) is 0 Å². The van der Waals surface area contributed by atoms with Crippen LogP contribution in [0.15, 0.2) is 0 Å². The van der Waals surface area contributed by atoms with Crippen molar-refractivity contribution in [3.8, 4) is 0 Å². The molecule has 86 valence electrons. The Kier molecular flexibility index (Phi) is 3.59. The smallest absolute Gasteiger partial charge is 0.305 e. The molecule has 0 aromatic heterocycles. The van der Waals surface area contributed by atoms with E-state index in [0.717, 1.165) is 19.4 Å². The van der Waals surface area contributed by atoms with Gasteiger partial charge in [-0.2, -0.15) is 0 Å². The minimum Gasteiger partial charge on any atom is -0.469 e. The Labute approximate surface area is 90.3 Å². The van der Waals surface area contributed by atoms with Gasteiger partial charge in [0.2, 0.25) is 0 Å². The summed E-state index contributed by atoms with van der Waals surface area (Å²) in [5.74, 6) is -0.124. The molecular formula is C11H19NO3. The van der Waals surface area contributed by atoms with Crippen molar-refractivity contribution in [2.45, 2.75) is 50.4 Å². The summed E-state index contributed by atoms with van der Waals surface area (Å²) in [5, 5.41) is 3.46. The lowest BCUT2D eigenvalue weighted by Crippen LogP contribution is -2.38. The number of nitrogens with one attached hydrogen (secondary N) is 1. The van der Waals surface area contributed by atoms with Gasteiger partial charge in [-0.15, -0.1) is 0 Å². The second-order valence-electron chi connectivity index (χ2n) is 4.35. The molecule has 2 fully saturated rings. The Morgan fingerprint density at radius 1 is 1.53 bits per heavy atom. The van der Waals surface area contributed by atoms with Crippen LogP contribution in [0.25, 0.3) is 0 Å². The van der Waals surface area contributed by atoms with Crippen LogP contribution in [0.2, 0.25) is 0 Å². The summed E-state index contributed by atoms with van der Waals surface area (Å²) >= 11 is 0. The molecule has 2 rings (SSSR count). The number of fused-ring (bicyclic) bond motifs is 2. The van der Waals surface area contributed by atoms with Gasteiger partial charge in [0, 0.05) is 12.5 Å². The van der Waals surface area contributed by atoms with Crippen molar-refractivity contribution >= 4 is 5.97 Å². The normalized spacial score (nSPS) is 33.3. The zero-order valence-corrected chi connectivity index (χ0v) is 9.20. The van der Waals surface area contributed by atoms with Crippen molar-refractivity contribution in [1.82, 2.24) is 5.32 Å². The zero-order valence-electron chi connectivity index (χ0n) is 9.20. The van der Waals surface area contributed by atoms with Crippen LogP contribution in [0, 0.1) is 0 Å². The van der Waals surface area contributed by atoms with Gasteiger partial charge >= 0.3 is 5.97 Å². The first-order valence-electron chi connectivity index (χ1n) is 5.75. The monoisotopic (exact) mass is 213 g/mol. The van der Waals surface area contributed by atoms with Gasteiger partial charge in [0.1, 0.15) is 0 Å². The Morgan fingerprint density at radius 3 is 3.00 bits per heavy atom. The highest BCUT2D eigenvalue weighted by Gasteiger charge is 2.40. The fourth-order valence-electron chi connectivity index (χ4n) is 2.47. The number of carbonyl (C=O) groups is 1. The van der Waals surface area contributed by atoms with Crippen LogP contribution in [-0.2, 0) is 14.3 Å². The summed E-state index contributed by atoms with van der Waals surface area (Å²) in [7, 11) is 1.43. The van der Waals surface area contributed by atoms with Gasteiger partial charge in [0.25, 0.3) is 0 Å². The molecule has 0 spiro atoms. The zero-order chi connectivity index (χ0) is 10.7. The molecule has 2 aliphatic rings. The van der Waals surface area contributed by atoms with Crippen LogP contribution in [-0.4, -0.2) is 37.9 Å². The van der Waals surface area contributed by atoms with Crippen LogP contribution in [0.5, 0.6) is 0 Å². The Balaban J connectivity index is 1.57. The molecule has 1 N–H and O–H groups in total. The third kappa shape index (κ3) is 2.69. The van der Waals surface area contributed by atoms with Crippen molar-refractivity contribution in [3.05, 3.63) is 0 Å². The second kappa shape index (κ2) is 4.94. The van der Waals surface area contributed by atoms with Gasteiger partial charge in [-0.3, -0.25) is 4.79 Å². The van der Waals surface area contributed by atoms with E-state index < -0.39 is 0 Å². The molecule has 0 radical (unpaired) electrons. The van der Waals surface area contributed by atoms with Gasteiger partial charge in [-0.25, -0.2) is 0 Å². The van der Waals surface area contributed by atoms with Crippen molar-refractivity contribution < 1.29 is 14.3 Å². The molecule has 3 atom stereocenters. The summed E-state index contributed by atoms with van der Waals surface area (Å²) in [6.07, 6.45) is 5.83. The predicted octanol–water partition coefficient (Wildman–Crippen LogP) is 0.849. The molecule has 0 aromatic rings. The second-order valence-corrected chi connectivity index (χ2v) is 4.35. The molecule has 4 nitrogen and oxygen atoms in total. The fourth-order valence-corrected chi connectivity index (χ4v) is 2.47.